The molecule has 12 heavy (non-hydrogen) atoms. The molecule has 0 aliphatic carbocycles. The number of rotatable bonds is 5. The summed E-state index contributed by atoms with van der Waals surface area (Å²) in [5.74, 6) is 0. The zero-order chi connectivity index (χ0) is 9.72. The molecule has 0 spiro atoms. The SMILES string of the molecule is OC[C@@H](O)[C@@H](O)[C@H](O)[C@@H](O)C=[Se]. The minimum atomic E-state index is -1.56. The number of aliphatic hydroxyl groups is 5. The van der Waals surface area contributed by atoms with Crippen molar-refractivity contribution in [2.24, 2.45) is 0 Å². The monoisotopic (exact) mass is 244 g/mol. The van der Waals surface area contributed by atoms with Gasteiger partial charge in [-0.1, -0.05) is 0 Å². The van der Waals surface area contributed by atoms with Crippen molar-refractivity contribution < 1.29 is 25.5 Å². The van der Waals surface area contributed by atoms with Gasteiger partial charge in [0.25, 0.3) is 0 Å². The van der Waals surface area contributed by atoms with E-state index in [4.69, 9.17) is 25.5 Å². The Labute approximate surface area is 77.6 Å². The second-order valence-electron chi connectivity index (χ2n) is 2.36. The normalized spacial score (nSPS) is 21.1. The quantitative estimate of drug-likeness (QED) is 0.321. The van der Waals surface area contributed by atoms with Crippen LogP contribution in [0.1, 0.15) is 0 Å². The Balaban J connectivity index is 4.07. The van der Waals surface area contributed by atoms with Gasteiger partial charge in [0.2, 0.25) is 0 Å². The van der Waals surface area contributed by atoms with Gasteiger partial charge in [-0.25, -0.2) is 0 Å². The van der Waals surface area contributed by atoms with Crippen molar-refractivity contribution in [3.05, 3.63) is 0 Å². The molecule has 0 aromatic rings. The van der Waals surface area contributed by atoms with Crippen LogP contribution in [-0.4, -0.2) is 77.1 Å². The van der Waals surface area contributed by atoms with E-state index in [-0.39, 0.29) is 0 Å². The summed E-state index contributed by atoms with van der Waals surface area (Å²) in [6, 6.07) is 0. The first-order chi connectivity index (χ1) is 5.54. The van der Waals surface area contributed by atoms with E-state index < -0.39 is 31.0 Å². The first kappa shape index (κ1) is 12.2. The zero-order valence-electron chi connectivity index (χ0n) is 6.24. The molecule has 72 valence electrons. The molecule has 0 aliphatic rings. The first-order valence-electron chi connectivity index (χ1n) is 3.33. The molecule has 4 atom stereocenters. The fourth-order valence-electron chi connectivity index (χ4n) is 0.618. The van der Waals surface area contributed by atoms with Gasteiger partial charge in [0, 0.05) is 0 Å². The summed E-state index contributed by atoms with van der Waals surface area (Å²) in [5.41, 5.74) is 0. The standard InChI is InChI=1S/C6H12O5Se/c7-1-3(8)5(10)6(11)4(9)2-12/h2-11H,1H2/t3-,4+,5-,6-/m1/s1. The van der Waals surface area contributed by atoms with E-state index in [9.17, 15) is 0 Å². The van der Waals surface area contributed by atoms with E-state index in [1.165, 1.54) is 0 Å². The number of aliphatic hydroxyl groups excluding tert-OH is 5. The van der Waals surface area contributed by atoms with E-state index in [2.05, 4.69) is 15.6 Å². The summed E-state index contributed by atoms with van der Waals surface area (Å²) in [7, 11) is 0. The average Bonchev–Trinajstić information content (AvgIpc) is 2.12. The van der Waals surface area contributed by atoms with Crippen molar-refractivity contribution in [2.75, 3.05) is 6.61 Å². The van der Waals surface area contributed by atoms with Crippen LogP contribution in [0, 0.1) is 0 Å². The predicted molar refractivity (Wildman–Crippen MR) is 42.9 cm³/mol. The van der Waals surface area contributed by atoms with Crippen LogP contribution in [0.2, 0.25) is 0 Å². The molecule has 0 amide bonds. The Morgan fingerprint density at radius 1 is 1.08 bits per heavy atom. The summed E-state index contributed by atoms with van der Waals surface area (Å²) in [6.07, 6.45) is -5.78. The third kappa shape index (κ3) is 3.28. The van der Waals surface area contributed by atoms with Gasteiger partial charge in [0.1, 0.15) is 0 Å². The molecule has 0 saturated heterocycles. The Bertz CT molecular complexity index is 142. The maximum atomic E-state index is 9.07. The average molecular weight is 243 g/mol. The molecule has 0 unspecified atom stereocenters. The third-order valence-corrected chi connectivity index (χ3v) is 2.01. The molecular weight excluding hydrogens is 231 g/mol. The van der Waals surface area contributed by atoms with Crippen LogP contribution in [0.15, 0.2) is 0 Å². The van der Waals surface area contributed by atoms with Gasteiger partial charge in [0.05, 0.1) is 0 Å². The molecule has 5 N–H and O–H groups in total. The fourth-order valence-corrected chi connectivity index (χ4v) is 0.956. The van der Waals surface area contributed by atoms with Crippen molar-refractivity contribution in [1.29, 1.82) is 0 Å². The van der Waals surface area contributed by atoms with Gasteiger partial charge in [0.15, 0.2) is 0 Å². The van der Waals surface area contributed by atoms with Gasteiger partial charge < -0.3 is 0 Å². The predicted octanol–water partition coefficient (Wildman–Crippen LogP) is -3.61. The van der Waals surface area contributed by atoms with Crippen molar-refractivity contribution >= 4 is 20.5 Å². The molecule has 5 nitrogen and oxygen atoms in total. The molecule has 0 rings (SSSR count). The summed E-state index contributed by atoms with van der Waals surface area (Å²) >= 11 is 2.34. The topological polar surface area (TPSA) is 101 Å². The van der Waals surface area contributed by atoms with Crippen LogP contribution >= 0.6 is 0 Å². The maximum absolute atomic E-state index is 9.07. The molecule has 0 aromatic carbocycles. The second-order valence-corrected chi connectivity index (χ2v) is 2.93. The van der Waals surface area contributed by atoms with Crippen LogP contribution in [0.25, 0.3) is 0 Å². The molecule has 0 heterocycles. The van der Waals surface area contributed by atoms with E-state index >= 15 is 0 Å². The van der Waals surface area contributed by atoms with Crippen molar-refractivity contribution in [1.82, 2.24) is 0 Å². The molecule has 0 fully saturated rings. The molecule has 0 aliphatic heterocycles. The summed E-state index contributed by atoms with van der Waals surface area (Å²) in [5, 5.41) is 44.3. The Kier molecular flexibility index (Phi) is 5.86. The molecule has 0 saturated carbocycles. The van der Waals surface area contributed by atoms with Crippen molar-refractivity contribution in [3.63, 3.8) is 0 Å². The van der Waals surface area contributed by atoms with E-state index in [1.54, 1.807) is 0 Å². The Morgan fingerprint density at radius 2 is 1.58 bits per heavy atom. The number of hydrogen-bond acceptors (Lipinski definition) is 5. The summed E-state index contributed by atoms with van der Waals surface area (Å²) in [4.78, 5) is 1.15. The molecule has 0 aromatic heterocycles. The Hall–Kier alpha value is 0.189. The zero-order valence-corrected chi connectivity index (χ0v) is 7.95. The van der Waals surface area contributed by atoms with Crippen LogP contribution < -0.4 is 0 Å². The van der Waals surface area contributed by atoms with Crippen molar-refractivity contribution in [3.8, 4) is 0 Å². The van der Waals surface area contributed by atoms with E-state index in [0.29, 0.717) is 0 Å². The molecule has 0 radical (unpaired) electrons. The van der Waals surface area contributed by atoms with Crippen LogP contribution in [0.5, 0.6) is 0 Å². The van der Waals surface area contributed by atoms with Crippen molar-refractivity contribution in [2.45, 2.75) is 24.4 Å². The Morgan fingerprint density at radius 3 is 1.92 bits per heavy atom. The number of hydrogen-bond donors (Lipinski definition) is 5. The molecular formula is C6H12O5Se. The van der Waals surface area contributed by atoms with Gasteiger partial charge in [-0.15, -0.1) is 0 Å². The van der Waals surface area contributed by atoms with E-state index in [0.717, 1.165) is 4.92 Å². The third-order valence-electron chi connectivity index (χ3n) is 1.42. The fraction of sp³-hybridized carbons (Fsp3) is 0.833. The van der Waals surface area contributed by atoms with Crippen LogP contribution in [-0.2, 0) is 0 Å². The minimum absolute atomic E-state index is 0.668. The first-order valence-corrected chi connectivity index (χ1v) is 4.32. The van der Waals surface area contributed by atoms with Gasteiger partial charge in [-0.2, -0.15) is 0 Å². The van der Waals surface area contributed by atoms with Gasteiger partial charge in [-0.05, 0) is 0 Å². The molecule has 6 heteroatoms. The van der Waals surface area contributed by atoms with Gasteiger partial charge >= 0.3 is 77.1 Å². The van der Waals surface area contributed by atoms with Gasteiger partial charge in [-0.3, -0.25) is 0 Å². The summed E-state index contributed by atoms with van der Waals surface area (Å²) < 4.78 is 0. The van der Waals surface area contributed by atoms with E-state index in [1.807, 2.05) is 0 Å². The second kappa shape index (κ2) is 5.77. The molecule has 0 bridgehead atoms. The van der Waals surface area contributed by atoms with Crippen LogP contribution in [0.3, 0.4) is 0 Å². The van der Waals surface area contributed by atoms with Crippen LogP contribution in [0.4, 0.5) is 0 Å². The summed E-state index contributed by atoms with van der Waals surface area (Å²) in [6.45, 7) is -0.668.